The predicted molar refractivity (Wildman–Crippen MR) is 142 cm³/mol. The third-order valence-corrected chi connectivity index (χ3v) is 6.93. The molecule has 2 N–H and O–H groups in total. The summed E-state index contributed by atoms with van der Waals surface area (Å²) in [5.74, 6) is 0.171. The number of carbonyl (C=O) groups is 2. The molecule has 0 bridgehead atoms. The average molecular weight is 528 g/mol. The summed E-state index contributed by atoms with van der Waals surface area (Å²) < 4.78 is 11.3. The number of aryl methyl sites for hydroxylation is 2. The summed E-state index contributed by atoms with van der Waals surface area (Å²) in [4.78, 5) is 27.0. The third-order valence-electron chi connectivity index (χ3n) is 6.23. The van der Waals surface area contributed by atoms with E-state index < -0.39 is 5.92 Å². The van der Waals surface area contributed by atoms with Crippen molar-refractivity contribution in [3.63, 3.8) is 0 Å². The lowest BCUT2D eigenvalue weighted by Crippen LogP contribution is -2.36. The molecular formula is C27H27Cl2N3O4. The predicted octanol–water partition coefficient (Wildman–Crippen LogP) is 5.69. The van der Waals surface area contributed by atoms with Gasteiger partial charge in [0.2, 0.25) is 11.8 Å². The quantitative estimate of drug-likeness (QED) is 0.367. The van der Waals surface area contributed by atoms with Crippen LogP contribution >= 0.6 is 23.2 Å². The molecule has 2 amide bonds. The van der Waals surface area contributed by atoms with Crippen LogP contribution in [-0.4, -0.2) is 25.5 Å². The van der Waals surface area contributed by atoms with Crippen molar-refractivity contribution in [2.24, 2.45) is 5.92 Å². The van der Waals surface area contributed by atoms with Gasteiger partial charge >= 0.3 is 0 Å². The first-order chi connectivity index (χ1) is 17.3. The lowest BCUT2D eigenvalue weighted by atomic mass is 10.1. The first kappa shape index (κ1) is 25.7. The van der Waals surface area contributed by atoms with Gasteiger partial charge in [-0.25, -0.2) is 0 Å². The van der Waals surface area contributed by atoms with Gasteiger partial charge in [-0.15, -0.1) is 0 Å². The first-order valence-electron chi connectivity index (χ1n) is 11.4. The number of benzene rings is 3. The molecule has 3 aromatic carbocycles. The van der Waals surface area contributed by atoms with Crippen molar-refractivity contribution in [2.45, 2.75) is 26.9 Å². The molecule has 1 fully saturated rings. The van der Waals surface area contributed by atoms with Crippen LogP contribution in [0.5, 0.6) is 11.5 Å². The number of nitrogens with zero attached hydrogens (tertiary/aromatic N) is 1. The Morgan fingerprint density at radius 3 is 2.47 bits per heavy atom. The van der Waals surface area contributed by atoms with Gasteiger partial charge in [-0.05, 0) is 61.4 Å². The van der Waals surface area contributed by atoms with E-state index in [1.807, 2.05) is 32.0 Å². The zero-order valence-corrected chi connectivity index (χ0v) is 21.7. The Balaban J connectivity index is 1.36. The summed E-state index contributed by atoms with van der Waals surface area (Å²) >= 11 is 12.4. The van der Waals surface area contributed by atoms with E-state index in [2.05, 4.69) is 10.9 Å². The number of methoxy groups -OCH3 is 1. The maximum atomic E-state index is 12.8. The zero-order valence-electron chi connectivity index (χ0n) is 20.2. The second-order valence-corrected chi connectivity index (χ2v) is 9.46. The Labute approximate surface area is 220 Å². The molecule has 1 aliphatic rings. The van der Waals surface area contributed by atoms with Crippen LogP contribution in [0.25, 0.3) is 0 Å². The number of carbonyl (C=O) groups excluding carboxylic acids is 2. The van der Waals surface area contributed by atoms with Gasteiger partial charge in [0.15, 0.2) is 11.5 Å². The van der Waals surface area contributed by atoms with Crippen LogP contribution in [0.1, 0.15) is 23.1 Å². The van der Waals surface area contributed by atoms with Crippen LogP contribution in [0.3, 0.4) is 0 Å². The Morgan fingerprint density at radius 1 is 1.03 bits per heavy atom. The fraction of sp³-hybridized carbons (Fsp3) is 0.259. The smallest absolute Gasteiger partial charge is 0.243 e. The number of anilines is 2. The van der Waals surface area contributed by atoms with E-state index in [9.17, 15) is 9.59 Å². The number of hydrogen-bond donors (Lipinski definition) is 2. The average Bonchev–Trinajstić information content (AvgIpc) is 3.26. The molecule has 0 aliphatic carbocycles. The summed E-state index contributed by atoms with van der Waals surface area (Å²) in [6.07, 6.45) is 0.154. The van der Waals surface area contributed by atoms with Crippen molar-refractivity contribution in [1.82, 2.24) is 5.43 Å². The second-order valence-electron chi connectivity index (χ2n) is 8.64. The van der Waals surface area contributed by atoms with Crippen LogP contribution < -0.4 is 25.2 Å². The maximum absolute atomic E-state index is 12.8. The van der Waals surface area contributed by atoms with Gasteiger partial charge in [-0.3, -0.25) is 20.4 Å². The van der Waals surface area contributed by atoms with E-state index in [-0.39, 0.29) is 24.8 Å². The van der Waals surface area contributed by atoms with Gasteiger partial charge in [-0.1, -0.05) is 35.3 Å². The first-order valence-corrected chi connectivity index (χ1v) is 12.2. The molecule has 3 aromatic rings. The number of hydrogen-bond acceptors (Lipinski definition) is 5. The molecule has 188 valence electrons. The van der Waals surface area contributed by atoms with Crippen LogP contribution in [0.4, 0.5) is 11.4 Å². The largest absolute Gasteiger partial charge is 0.493 e. The molecule has 0 saturated carbocycles. The third kappa shape index (κ3) is 5.69. The Kier molecular flexibility index (Phi) is 7.91. The summed E-state index contributed by atoms with van der Waals surface area (Å²) in [6.45, 7) is 4.53. The van der Waals surface area contributed by atoms with E-state index in [4.69, 9.17) is 32.7 Å². The molecule has 36 heavy (non-hydrogen) atoms. The van der Waals surface area contributed by atoms with Gasteiger partial charge in [0.05, 0.1) is 18.7 Å². The van der Waals surface area contributed by atoms with Crippen molar-refractivity contribution >= 4 is 46.4 Å². The van der Waals surface area contributed by atoms with E-state index in [0.29, 0.717) is 39.3 Å². The van der Waals surface area contributed by atoms with E-state index in [1.165, 1.54) is 7.11 Å². The highest BCUT2D eigenvalue weighted by Crippen LogP contribution is 2.33. The Bertz CT molecular complexity index is 1280. The Hall–Kier alpha value is -3.42. The summed E-state index contributed by atoms with van der Waals surface area (Å²) in [5.41, 5.74) is 9.94. The minimum absolute atomic E-state index is 0.0693. The van der Waals surface area contributed by atoms with Crippen molar-refractivity contribution < 1.29 is 19.1 Å². The highest BCUT2D eigenvalue weighted by atomic mass is 35.5. The van der Waals surface area contributed by atoms with E-state index >= 15 is 0 Å². The molecule has 0 spiro atoms. The van der Waals surface area contributed by atoms with Crippen LogP contribution in [-0.2, 0) is 16.2 Å². The molecule has 0 radical (unpaired) electrons. The summed E-state index contributed by atoms with van der Waals surface area (Å²) in [7, 11) is 1.53. The molecule has 9 heteroatoms. The summed E-state index contributed by atoms with van der Waals surface area (Å²) in [6, 6.07) is 16.3. The van der Waals surface area contributed by atoms with Gasteiger partial charge in [0.25, 0.3) is 0 Å². The SMILES string of the molecule is COc1cc(NNC(=O)[C@H]2CC(=O)N(c3ccc(C)c(C)c3)C2)ccc1OCc1c(Cl)cccc1Cl. The zero-order chi connectivity index (χ0) is 25.8. The molecule has 1 saturated heterocycles. The fourth-order valence-corrected chi connectivity index (χ4v) is 4.45. The van der Waals surface area contributed by atoms with Gasteiger partial charge in [0.1, 0.15) is 6.61 Å². The normalized spacial score (nSPS) is 15.1. The molecule has 1 heterocycles. The molecule has 4 rings (SSSR count). The minimum atomic E-state index is -0.462. The summed E-state index contributed by atoms with van der Waals surface area (Å²) in [5, 5.41) is 1.04. The molecule has 1 aliphatic heterocycles. The number of nitrogens with one attached hydrogen (secondary N) is 2. The standard InChI is InChI=1S/C27H27Cl2N3O4/c1-16-7-9-20(11-17(16)2)32-14-18(12-26(32)33)27(34)31-30-19-8-10-24(25(13-19)35-3)36-15-21-22(28)5-4-6-23(21)29/h4-11,13,18,30H,12,14-15H2,1-3H3,(H,31,34)/t18-/m0/s1. The Morgan fingerprint density at radius 2 is 1.78 bits per heavy atom. The lowest BCUT2D eigenvalue weighted by molar-refractivity contribution is -0.125. The van der Waals surface area contributed by atoms with E-state index in [1.54, 1.807) is 41.3 Å². The molecule has 0 unspecified atom stereocenters. The monoisotopic (exact) mass is 527 g/mol. The van der Waals surface area contributed by atoms with Crippen molar-refractivity contribution in [3.8, 4) is 11.5 Å². The molecule has 1 atom stereocenters. The topological polar surface area (TPSA) is 79.9 Å². The second kappa shape index (κ2) is 11.1. The van der Waals surface area contributed by atoms with Crippen LogP contribution in [0.2, 0.25) is 10.0 Å². The number of ether oxygens (including phenoxy) is 2. The van der Waals surface area contributed by atoms with Crippen LogP contribution in [0, 0.1) is 19.8 Å². The van der Waals surface area contributed by atoms with E-state index in [0.717, 1.165) is 16.8 Å². The molecule has 7 nitrogen and oxygen atoms in total. The lowest BCUT2D eigenvalue weighted by Gasteiger charge is -2.18. The number of amides is 2. The highest BCUT2D eigenvalue weighted by molar-refractivity contribution is 6.35. The van der Waals surface area contributed by atoms with Crippen molar-refractivity contribution in [2.75, 3.05) is 24.0 Å². The van der Waals surface area contributed by atoms with Gasteiger partial charge in [-0.2, -0.15) is 0 Å². The highest BCUT2D eigenvalue weighted by Gasteiger charge is 2.35. The molecule has 0 aromatic heterocycles. The van der Waals surface area contributed by atoms with Gasteiger partial charge < -0.3 is 14.4 Å². The maximum Gasteiger partial charge on any atom is 0.243 e. The van der Waals surface area contributed by atoms with Gasteiger partial charge in [0, 0.05) is 40.3 Å². The number of hydrazine groups is 1. The van der Waals surface area contributed by atoms with Crippen LogP contribution in [0.15, 0.2) is 54.6 Å². The number of rotatable bonds is 8. The van der Waals surface area contributed by atoms with Crippen molar-refractivity contribution in [1.29, 1.82) is 0 Å². The number of halogens is 2. The fourth-order valence-electron chi connectivity index (χ4n) is 3.95. The molecular weight excluding hydrogens is 501 g/mol. The van der Waals surface area contributed by atoms with Crippen molar-refractivity contribution in [3.05, 3.63) is 81.3 Å². The minimum Gasteiger partial charge on any atom is -0.493 e.